The molecular formula is C22H24N2O4. The second-order valence-corrected chi connectivity index (χ2v) is 7.28. The lowest BCUT2D eigenvalue weighted by Crippen LogP contribution is -2.43. The van der Waals surface area contributed by atoms with E-state index in [2.05, 4.69) is 5.32 Å². The van der Waals surface area contributed by atoms with Crippen LogP contribution in [0.4, 0.5) is 0 Å². The van der Waals surface area contributed by atoms with Gasteiger partial charge in [-0.25, -0.2) is 0 Å². The van der Waals surface area contributed by atoms with Gasteiger partial charge in [0.1, 0.15) is 0 Å². The highest BCUT2D eigenvalue weighted by Gasteiger charge is 2.29. The molecule has 0 aromatic heterocycles. The maximum absolute atomic E-state index is 12.8. The zero-order chi connectivity index (χ0) is 19.5. The smallest absolute Gasteiger partial charge is 0.253 e. The highest BCUT2D eigenvalue weighted by atomic mass is 16.7. The summed E-state index contributed by atoms with van der Waals surface area (Å²) in [5, 5.41) is 3.10. The lowest BCUT2D eigenvalue weighted by Gasteiger charge is -2.32. The van der Waals surface area contributed by atoms with E-state index in [1.165, 1.54) is 0 Å². The standard InChI is InChI=1S/C22H24N2O4/c1-15(16-5-3-2-4-6-16)23-21(25)17-9-11-24(12-10-17)22(26)18-7-8-19-20(13-18)28-14-27-19/h2-8,13,15,17H,9-12,14H2,1H3,(H,23,25). The molecule has 1 atom stereocenters. The number of rotatable bonds is 4. The number of likely N-dealkylation sites (tertiary alicyclic amines) is 1. The summed E-state index contributed by atoms with van der Waals surface area (Å²) in [7, 11) is 0. The molecule has 2 aliphatic heterocycles. The number of carbonyl (C=O) groups is 2. The summed E-state index contributed by atoms with van der Waals surface area (Å²) < 4.78 is 10.6. The zero-order valence-electron chi connectivity index (χ0n) is 15.9. The summed E-state index contributed by atoms with van der Waals surface area (Å²) >= 11 is 0. The van der Waals surface area contributed by atoms with E-state index in [1.807, 2.05) is 42.2 Å². The molecular weight excluding hydrogens is 356 g/mol. The number of nitrogens with one attached hydrogen (secondary N) is 1. The van der Waals surface area contributed by atoms with Gasteiger partial charge >= 0.3 is 0 Å². The number of hydrogen-bond donors (Lipinski definition) is 1. The molecule has 2 heterocycles. The van der Waals surface area contributed by atoms with Crippen LogP contribution in [0, 0.1) is 5.92 Å². The highest BCUT2D eigenvalue weighted by molar-refractivity contribution is 5.95. The van der Waals surface area contributed by atoms with Gasteiger partial charge in [-0.3, -0.25) is 9.59 Å². The summed E-state index contributed by atoms with van der Waals surface area (Å²) in [4.78, 5) is 27.2. The predicted octanol–water partition coefficient (Wildman–Crippen LogP) is 3.14. The van der Waals surface area contributed by atoms with E-state index in [0.717, 1.165) is 5.56 Å². The topological polar surface area (TPSA) is 67.9 Å². The van der Waals surface area contributed by atoms with E-state index < -0.39 is 0 Å². The minimum atomic E-state index is -0.0630. The Morgan fingerprint density at radius 1 is 1.04 bits per heavy atom. The fourth-order valence-electron chi connectivity index (χ4n) is 3.71. The molecule has 0 spiro atoms. The van der Waals surface area contributed by atoms with Crippen molar-refractivity contribution in [2.45, 2.75) is 25.8 Å². The second-order valence-electron chi connectivity index (χ2n) is 7.28. The Bertz CT molecular complexity index is 860. The van der Waals surface area contributed by atoms with Crippen molar-refractivity contribution in [2.24, 2.45) is 5.92 Å². The van der Waals surface area contributed by atoms with Crippen molar-refractivity contribution in [3.05, 3.63) is 59.7 Å². The van der Waals surface area contributed by atoms with Crippen LogP contribution in [-0.4, -0.2) is 36.6 Å². The molecule has 146 valence electrons. The fraction of sp³-hybridized carbons (Fsp3) is 0.364. The quantitative estimate of drug-likeness (QED) is 0.885. The number of ether oxygens (including phenoxy) is 2. The Kier molecular flexibility index (Phi) is 5.19. The normalized spacial score (nSPS) is 17.2. The van der Waals surface area contributed by atoms with Gasteiger partial charge in [-0.05, 0) is 43.5 Å². The number of nitrogens with zero attached hydrogens (tertiary/aromatic N) is 1. The van der Waals surface area contributed by atoms with E-state index >= 15 is 0 Å². The molecule has 28 heavy (non-hydrogen) atoms. The van der Waals surface area contributed by atoms with E-state index in [1.54, 1.807) is 18.2 Å². The number of fused-ring (bicyclic) bond motifs is 1. The van der Waals surface area contributed by atoms with Crippen molar-refractivity contribution in [1.29, 1.82) is 0 Å². The van der Waals surface area contributed by atoms with Gasteiger partial charge in [0.25, 0.3) is 5.91 Å². The molecule has 0 bridgehead atoms. The summed E-state index contributed by atoms with van der Waals surface area (Å²) in [6, 6.07) is 15.2. The van der Waals surface area contributed by atoms with E-state index in [0.29, 0.717) is 43.0 Å². The van der Waals surface area contributed by atoms with E-state index in [9.17, 15) is 9.59 Å². The monoisotopic (exact) mass is 380 g/mol. The predicted molar refractivity (Wildman–Crippen MR) is 104 cm³/mol. The first-order valence-corrected chi connectivity index (χ1v) is 9.66. The Hall–Kier alpha value is -3.02. The van der Waals surface area contributed by atoms with Crippen LogP contribution < -0.4 is 14.8 Å². The van der Waals surface area contributed by atoms with Crippen LogP contribution in [0.5, 0.6) is 11.5 Å². The molecule has 2 amide bonds. The Balaban J connectivity index is 1.31. The van der Waals surface area contributed by atoms with Crippen molar-refractivity contribution in [1.82, 2.24) is 10.2 Å². The molecule has 4 rings (SSSR count). The number of carbonyl (C=O) groups excluding carboxylic acids is 2. The first-order valence-electron chi connectivity index (χ1n) is 9.66. The first kappa shape index (κ1) is 18.3. The first-order chi connectivity index (χ1) is 13.6. The van der Waals surface area contributed by atoms with Gasteiger partial charge in [0.15, 0.2) is 11.5 Å². The Morgan fingerprint density at radius 3 is 2.50 bits per heavy atom. The van der Waals surface area contributed by atoms with Crippen LogP contribution in [0.15, 0.2) is 48.5 Å². The number of piperidine rings is 1. The lowest BCUT2D eigenvalue weighted by atomic mass is 9.94. The van der Waals surface area contributed by atoms with Crippen molar-refractivity contribution >= 4 is 11.8 Å². The average molecular weight is 380 g/mol. The van der Waals surface area contributed by atoms with Gasteiger partial charge in [0, 0.05) is 24.6 Å². The van der Waals surface area contributed by atoms with E-state index in [-0.39, 0.29) is 30.6 Å². The summed E-state index contributed by atoms with van der Waals surface area (Å²) in [5.41, 5.74) is 1.68. The minimum absolute atomic E-state index is 0.0259. The van der Waals surface area contributed by atoms with Crippen LogP contribution in [0.3, 0.4) is 0 Å². The maximum atomic E-state index is 12.8. The average Bonchev–Trinajstić information content (AvgIpc) is 3.22. The summed E-state index contributed by atoms with van der Waals surface area (Å²) in [5.74, 6) is 1.24. The third-order valence-corrected chi connectivity index (χ3v) is 5.43. The fourth-order valence-corrected chi connectivity index (χ4v) is 3.71. The van der Waals surface area contributed by atoms with Gasteiger partial charge in [-0.2, -0.15) is 0 Å². The molecule has 1 unspecified atom stereocenters. The molecule has 6 nitrogen and oxygen atoms in total. The molecule has 0 saturated carbocycles. The van der Waals surface area contributed by atoms with Gasteiger partial charge in [0.05, 0.1) is 6.04 Å². The molecule has 1 saturated heterocycles. The minimum Gasteiger partial charge on any atom is -0.454 e. The molecule has 2 aliphatic rings. The molecule has 0 aliphatic carbocycles. The third kappa shape index (κ3) is 3.81. The number of benzene rings is 2. The second kappa shape index (κ2) is 7.92. The zero-order valence-corrected chi connectivity index (χ0v) is 15.9. The van der Waals surface area contributed by atoms with Crippen molar-refractivity contribution in [3.8, 4) is 11.5 Å². The lowest BCUT2D eigenvalue weighted by molar-refractivity contribution is -0.126. The SMILES string of the molecule is CC(NC(=O)C1CCN(C(=O)c2ccc3c(c2)OCO3)CC1)c1ccccc1. The molecule has 1 fully saturated rings. The van der Waals surface area contributed by atoms with Crippen LogP contribution in [0.2, 0.25) is 0 Å². The van der Waals surface area contributed by atoms with Crippen LogP contribution in [0.25, 0.3) is 0 Å². The molecule has 2 aromatic carbocycles. The highest BCUT2D eigenvalue weighted by Crippen LogP contribution is 2.33. The Morgan fingerprint density at radius 2 is 1.75 bits per heavy atom. The largest absolute Gasteiger partial charge is 0.454 e. The van der Waals surface area contributed by atoms with Gasteiger partial charge in [0.2, 0.25) is 12.7 Å². The molecule has 2 aromatic rings. The van der Waals surface area contributed by atoms with Crippen LogP contribution >= 0.6 is 0 Å². The van der Waals surface area contributed by atoms with Crippen molar-refractivity contribution < 1.29 is 19.1 Å². The van der Waals surface area contributed by atoms with Gasteiger partial charge in [-0.15, -0.1) is 0 Å². The summed E-state index contributed by atoms with van der Waals surface area (Å²) in [6.07, 6.45) is 1.34. The molecule has 6 heteroatoms. The number of hydrogen-bond acceptors (Lipinski definition) is 4. The van der Waals surface area contributed by atoms with Crippen molar-refractivity contribution in [2.75, 3.05) is 19.9 Å². The third-order valence-electron chi connectivity index (χ3n) is 5.43. The van der Waals surface area contributed by atoms with Gasteiger partial charge < -0.3 is 19.7 Å². The Labute approximate surface area is 164 Å². The van der Waals surface area contributed by atoms with Crippen LogP contribution in [0.1, 0.15) is 41.7 Å². The number of amides is 2. The molecule has 0 radical (unpaired) electrons. The maximum Gasteiger partial charge on any atom is 0.253 e. The van der Waals surface area contributed by atoms with Crippen molar-refractivity contribution in [3.63, 3.8) is 0 Å². The molecule has 1 N–H and O–H groups in total. The van der Waals surface area contributed by atoms with Crippen LogP contribution in [-0.2, 0) is 4.79 Å². The van der Waals surface area contributed by atoms with E-state index in [4.69, 9.17) is 9.47 Å². The van der Waals surface area contributed by atoms with Gasteiger partial charge in [-0.1, -0.05) is 30.3 Å². The summed E-state index contributed by atoms with van der Waals surface area (Å²) in [6.45, 7) is 3.33.